The molecular weight excluding hydrogens is 194 g/mol. The molecule has 0 atom stereocenters. The number of rotatable bonds is 4. The molecule has 2 rings (SSSR count). The molecular formula is C15H17N. The molecule has 1 heteroatoms. The largest absolute Gasteiger partial charge is 0.354 e. The Morgan fingerprint density at radius 3 is 2.38 bits per heavy atom. The summed E-state index contributed by atoms with van der Waals surface area (Å²) in [6, 6.07) is 14.7. The minimum Gasteiger partial charge on any atom is -0.354 e. The minimum atomic E-state index is 1.04. The third-order valence-electron chi connectivity index (χ3n) is 2.80. The van der Waals surface area contributed by atoms with Gasteiger partial charge in [-0.1, -0.05) is 36.4 Å². The first-order valence-electron chi connectivity index (χ1n) is 5.71. The smallest absolute Gasteiger partial charge is 0.0260 e. The Kier molecular flexibility index (Phi) is 3.60. The van der Waals surface area contributed by atoms with Gasteiger partial charge in [0.15, 0.2) is 0 Å². The Balaban J connectivity index is 2.03. The first-order valence-corrected chi connectivity index (χ1v) is 5.71. The van der Waals surface area contributed by atoms with Crippen LogP contribution in [0.5, 0.6) is 0 Å². The van der Waals surface area contributed by atoms with Gasteiger partial charge in [-0.3, -0.25) is 0 Å². The summed E-state index contributed by atoms with van der Waals surface area (Å²) >= 11 is 0. The maximum atomic E-state index is 2.21. The number of nitrogens with zero attached hydrogens (tertiary/aromatic N) is 1. The number of benzene rings is 1. The van der Waals surface area contributed by atoms with Crippen molar-refractivity contribution in [1.82, 2.24) is 4.57 Å². The summed E-state index contributed by atoms with van der Waals surface area (Å²) in [5.41, 5.74) is 2.74. The molecule has 1 nitrogen and oxygen atoms in total. The molecule has 0 aliphatic rings. The van der Waals surface area contributed by atoms with Crippen LogP contribution in [-0.2, 0) is 6.54 Å². The van der Waals surface area contributed by atoms with Crippen molar-refractivity contribution in [2.45, 2.75) is 19.9 Å². The maximum Gasteiger partial charge on any atom is 0.0260 e. The third-order valence-corrected chi connectivity index (χ3v) is 2.80. The molecule has 1 aromatic carbocycles. The fraction of sp³-hybridized carbons (Fsp3) is 0.200. The molecule has 82 valence electrons. The number of allylic oxidation sites excluding steroid dienone is 2. The fourth-order valence-electron chi connectivity index (χ4n) is 1.88. The molecule has 0 radical (unpaired) electrons. The molecule has 0 unspecified atom stereocenters. The van der Waals surface area contributed by atoms with E-state index in [9.17, 15) is 0 Å². The van der Waals surface area contributed by atoms with Crippen molar-refractivity contribution >= 4 is 5.57 Å². The molecule has 0 bridgehead atoms. The lowest BCUT2D eigenvalue weighted by molar-refractivity contribution is 0.722. The van der Waals surface area contributed by atoms with Crippen LogP contribution in [0, 0.1) is 0 Å². The van der Waals surface area contributed by atoms with Crippen LogP contribution in [0.1, 0.15) is 18.9 Å². The number of aromatic nitrogens is 1. The van der Waals surface area contributed by atoms with E-state index in [4.69, 9.17) is 0 Å². The van der Waals surface area contributed by atoms with Gasteiger partial charge in [-0.2, -0.15) is 0 Å². The highest BCUT2D eigenvalue weighted by Crippen LogP contribution is 2.18. The Morgan fingerprint density at radius 2 is 1.75 bits per heavy atom. The van der Waals surface area contributed by atoms with E-state index in [0.717, 1.165) is 13.0 Å². The van der Waals surface area contributed by atoms with Crippen molar-refractivity contribution in [3.63, 3.8) is 0 Å². The standard InChI is InChI=1S/C15H17N/c1-2-14(15-8-4-3-5-9-15)10-13-16-11-6-7-12-16/h2-9,11-12H,10,13H2,1H3/b14-2-. The van der Waals surface area contributed by atoms with Crippen LogP contribution in [0.15, 0.2) is 60.9 Å². The van der Waals surface area contributed by atoms with E-state index in [1.807, 2.05) is 0 Å². The summed E-state index contributed by atoms with van der Waals surface area (Å²) in [5.74, 6) is 0. The van der Waals surface area contributed by atoms with Gasteiger partial charge in [-0.15, -0.1) is 0 Å². The van der Waals surface area contributed by atoms with Crippen LogP contribution in [0.4, 0.5) is 0 Å². The molecule has 2 aromatic rings. The minimum absolute atomic E-state index is 1.04. The van der Waals surface area contributed by atoms with E-state index in [1.165, 1.54) is 11.1 Å². The van der Waals surface area contributed by atoms with Gasteiger partial charge in [0.25, 0.3) is 0 Å². The predicted molar refractivity (Wildman–Crippen MR) is 69.1 cm³/mol. The van der Waals surface area contributed by atoms with Crippen LogP contribution in [0.2, 0.25) is 0 Å². The van der Waals surface area contributed by atoms with E-state index in [2.05, 4.69) is 72.4 Å². The van der Waals surface area contributed by atoms with E-state index in [0.29, 0.717) is 0 Å². The monoisotopic (exact) mass is 211 g/mol. The lowest BCUT2D eigenvalue weighted by Crippen LogP contribution is -1.95. The molecule has 16 heavy (non-hydrogen) atoms. The summed E-state index contributed by atoms with van der Waals surface area (Å²) in [7, 11) is 0. The van der Waals surface area contributed by atoms with Gasteiger partial charge in [0.1, 0.15) is 0 Å². The SMILES string of the molecule is C/C=C(/CCn1cccc1)c1ccccc1. The molecule has 0 fully saturated rings. The quantitative estimate of drug-likeness (QED) is 0.720. The summed E-state index contributed by atoms with van der Waals surface area (Å²) in [4.78, 5) is 0. The van der Waals surface area contributed by atoms with Crippen molar-refractivity contribution in [1.29, 1.82) is 0 Å². The highest BCUT2D eigenvalue weighted by atomic mass is 14.9. The van der Waals surface area contributed by atoms with Crippen LogP contribution >= 0.6 is 0 Å². The second-order valence-corrected chi connectivity index (χ2v) is 3.85. The highest BCUT2D eigenvalue weighted by Gasteiger charge is 1.99. The molecule has 0 saturated carbocycles. The Labute approximate surface area is 97.0 Å². The summed E-state index contributed by atoms with van der Waals surface area (Å²) in [6.07, 6.45) is 7.50. The lowest BCUT2D eigenvalue weighted by atomic mass is 10.0. The molecule has 1 aromatic heterocycles. The van der Waals surface area contributed by atoms with Gasteiger partial charge < -0.3 is 4.57 Å². The van der Waals surface area contributed by atoms with Crippen LogP contribution < -0.4 is 0 Å². The van der Waals surface area contributed by atoms with Crippen LogP contribution in [-0.4, -0.2) is 4.57 Å². The van der Waals surface area contributed by atoms with E-state index in [1.54, 1.807) is 0 Å². The van der Waals surface area contributed by atoms with E-state index < -0.39 is 0 Å². The fourth-order valence-corrected chi connectivity index (χ4v) is 1.88. The second-order valence-electron chi connectivity index (χ2n) is 3.85. The zero-order valence-electron chi connectivity index (χ0n) is 9.63. The van der Waals surface area contributed by atoms with Crippen LogP contribution in [0.25, 0.3) is 5.57 Å². The van der Waals surface area contributed by atoms with Gasteiger partial charge in [0.2, 0.25) is 0 Å². The van der Waals surface area contributed by atoms with Gasteiger partial charge in [0, 0.05) is 18.9 Å². The molecule has 0 spiro atoms. The van der Waals surface area contributed by atoms with Gasteiger partial charge in [-0.25, -0.2) is 0 Å². The van der Waals surface area contributed by atoms with E-state index >= 15 is 0 Å². The third kappa shape index (κ3) is 2.63. The van der Waals surface area contributed by atoms with Crippen molar-refractivity contribution < 1.29 is 0 Å². The first-order chi connectivity index (χ1) is 7.90. The number of aryl methyl sites for hydroxylation is 1. The van der Waals surface area contributed by atoms with Crippen molar-refractivity contribution in [2.24, 2.45) is 0 Å². The zero-order valence-corrected chi connectivity index (χ0v) is 9.63. The van der Waals surface area contributed by atoms with E-state index in [-0.39, 0.29) is 0 Å². The Hall–Kier alpha value is -1.76. The molecule has 0 N–H and O–H groups in total. The predicted octanol–water partition coefficient (Wildman–Crippen LogP) is 3.98. The summed E-state index contributed by atoms with van der Waals surface area (Å²) in [6.45, 7) is 3.15. The average molecular weight is 211 g/mol. The first kappa shape index (κ1) is 10.7. The summed E-state index contributed by atoms with van der Waals surface area (Å²) < 4.78 is 2.21. The van der Waals surface area contributed by atoms with Crippen LogP contribution in [0.3, 0.4) is 0 Å². The van der Waals surface area contributed by atoms with Gasteiger partial charge in [0.05, 0.1) is 0 Å². The normalized spacial score (nSPS) is 11.7. The Morgan fingerprint density at radius 1 is 1.06 bits per heavy atom. The summed E-state index contributed by atoms with van der Waals surface area (Å²) in [5, 5.41) is 0. The molecule has 0 saturated heterocycles. The maximum absolute atomic E-state index is 2.21. The number of hydrogen-bond acceptors (Lipinski definition) is 0. The second kappa shape index (κ2) is 5.36. The van der Waals surface area contributed by atoms with Crippen molar-refractivity contribution in [3.05, 3.63) is 66.5 Å². The molecule has 0 aliphatic heterocycles. The molecule has 0 aliphatic carbocycles. The average Bonchev–Trinajstić information content (AvgIpc) is 2.84. The number of hydrogen-bond donors (Lipinski definition) is 0. The molecule has 1 heterocycles. The topological polar surface area (TPSA) is 4.93 Å². The Bertz CT molecular complexity index is 438. The lowest BCUT2D eigenvalue weighted by Gasteiger charge is -2.08. The highest BCUT2D eigenvalue weighted by molar-refractivity contribution is 5.64. The van der Waals surface area contributed by atoms with Gasteiger partial charge >= 0.3 is 0 Å². The van der Waals surface area contributed by atoms with Crippen molar-refractivity contribution in [2.75, 3.05) is 0 Å². The molecule has 0 amide bonds. The van der Waals surface area contributed by atoms with Gasteiger partial charge in [-0.05, 0) is 36.6 Å². The zero-order chi connectivity index (χ0) is 11.2. The van der Waals surface area contributed by atoms with Crippen molar-refractivity contribution in [3.8, 4) is 0 Å².